The smallest absolute Gasteiger partial charge is 0.244 e. The molecule has 7 heteroatoms. The molecule has 1 unspecified atom stereocenters. The lowest BCUT2D eigenvalue weighted by atomic mass is 10.1. The predicted molar refractivity (Wildman–Crippen MR) is 94.2 cm³/mol. The Bertz CT molecular complexity index is 764. The third-order valence-electron chi connectivity index (χ3n) is 3.39. The number of hydrogen-bond acceptors (Lipinski definition) is 4. The van der Waals surface area contributed by atoms with Crippen molar-refractivity contribution < 1.29 is 17.5 Å². The highest BCUT2D eigenvalue weighted by Crippen LogP contribution is 2.23. The Balaban J connectivity index is 2.06. The molecule has 0 amide bonds. The number of thioether (sulfide) groups is 1. The molecule has 0 bridgehead atoms. The highest BCUT2D eigenvalue weighted by molar-refractivity contribution is 7.99. The van der Waals surface area contributed by atoms with Gasteiger partial charge in [0.2, 0.25) is 10.0 Å². The van der Waals surface area contributed by atoms with Crippen molar-refractivity contribution in [2.75, 3.05) is 19.5 Å². The standard InChI is InChI=1S/C17H20FNO3S2/c1-13(14-7-9-15(10-8-14)23-12-11-22-2)19-24(20,21)17-6-4-3-5-16(17)18/h3-10,13,19H,11-12H2,1-2H3. The summed E-state index contributed by atoms with van der Waals surface area (Å²) in [6.45, 7) is 2.40. The van der Waals surface area contributed by atoms with E-state index >= 15 is 0 Å². The molecule has 130 valence electrons. The van der Waals surface area contributed by atoms with Crippen LogP contribution in [0.15, 0.2) is 58.3 Å². The van der Waals surface area contributed by atoms with Gasteiger partial charge in [0.05, 0.1) is 6.61 Å². The molecule has 0 fully saturated rings. The summed E-state index contributed by atoms with van der Waals surface area (Å²) in [5.74, 6) is 0.0905. The first-order valence-electron chi connectivity index (χ1n) is 7.42. The maximum Gasteiger partial charge on any atom is 0.244 e. The first-order valence-corrected chi connectivity index (χ1v) is 9.89. The minimum atomic E-state index is -3.91. The normalized spacial score (nSPS) is 13.0. The van der Waals surface area contributed by atoms with E-state index in [1.165, 1.54) is 18.2 Å². The van der Waals surface area contributed by atoms with Gasteiger partial charge in [-0.3, -0.25) is 0 Å². The van der Waals surface area contributed by atoms with Gasteiger partial charge in [0.1, 0.15) is 10.7 Å². The van der Waals surface area contributed by atoms with E-state index in [1.807, 2.05) is 24.3 Å². The van der Waals surface area contributed by atoms with Crippen LogP contribution in [-0.4, -0.2) is 27.9 Å². The van der Waals surface area contributed by atoms with Crippen LogP contribution < -0.4 is 4.72 Å². The van der Waals surface area contributed by atoms with Gasteiger partial charge in [-0.05, 0) is 36.8 Å². The van der Waals surface area contributed by atoms with Crippen molar-refractivity contribution in [3.05, 3.63) is 59.9 Å². The Morgan fingerprint density at radius 2 is 1.83 bits per heavy atom. The SMILES string of the molecule is COCCSc1ccc(C(C)NS(=O)(=O)c2ccccc2F)cc1. The van der Waals surface area contributed by atoms with Gasteiger partial charge in [0, 0.05) is 23.8 Å². The first-order chi connectivity index (χ1) is 11.4. The highest BCUT2D eigenvalue weighted by atomic mass is 32.2. The largest absolute Gasteiger partial charge is 0.384 e. The van der Waals surface area contributed by atoms with E-state index in [-0.39, 0.29) is 4.90 Å². The van der Waals surface area contributed by atoms with Crippen LogP contribution in [0.5, 0.6) is 0 Å². The number of ether oxygens (including phenoxy) is 1. The number of nitrogens with one attached hydrogen (secondary N) is 1. The lowest BCUT2D eigenvalue weighted by molar-refractivity contribution is 0.218. The fourth-order valence-corrected chi connectivity index (χ4v) is 4.25. The molecule has 1 atom stereocenters. The molecular weight excluding hydrogens is 349 g/mol. The molecule has 0 aromatic heterocycles. The van der Waals surface area contributed by atoms with E-state index in [2.05, 4.69) is 4.72 Å². The van der Waals surface area contributed by atoms with Crippen LogP contribution in [0.1, 0.15) is 18.5 Å². The predicted octanol–water partition coefficient (Wildman–Crippen LogP) is 3.60. The third kappa shape index (κ3) is 5.04. The zero-order valence-corrected chi connectivity index (χ0v) is 15.2. The summed E-state index contributed by atoms with van der Waals surface area (Å²) in [6, 6.07) is 12.5. The Morgan fingerprint density at radius 3 is 2.46 bits per heavy atom. The van der Waals surface area contributed by atoms with E-state index in [0.29, 0.717) is 6.61 Å². The molecule has 0 aliphatic heterocycles. The molecule has 2 rings (SSSR count). The van der Waals surface area contributed by atoms with Crippen LogP contribution in [0, 0.1) is 5.82 Å². The summed E-state index contributed by atoms with van der Waals surface area (Å²) in [4.78, 5) is 0.739. The number of hydrogen-bond donors (Lipinski definition) is 1. The molecule has 0 radical (unpaired) electrons. The van der Waals surface area contributed by atoms with Crippen molar-refractivity contribution in [2.45, 2.75) is 22.8 Å². The fraction of sp³-hybridized carbons (Fsp3) is 0.294. The number of sulfonamides is 1. The zero-order valence-electron chi connectivity index (χ0n) is 13.5. The van der Waals surface area contributed by atoms with Crippen molar-refractivity contribution in [3.63, 3.8) is 0 Å². The van der Waals surface area contributed by atoms with Gasteiger partial charge in [0.25, 0.3) is 0 Å². The zero-order chi connectivity index (χ0) is 17.6. The van der Waals surface area contributed by atoms with E-state index in [4.69, 9.17) is 4.74 Å². The Kier molecular flexibility index (Phi) is 6.79. The van der Waals surface area contributed by atoms with E-state index in [9.17, 15) is 12.8 Å². The number of halogens is 1. The second-order valence-electron chi connectivity index (χ2n) is 5.18. The van der Waals surface area contributed by atoms with Gasteiger partial charge in [-0.1, -0.05) is 24.3 Å². The van der Waals surface area contributed by atoms with Gasteiger partial charge in [-0.2, -0.15) is 0 Å². The fourth-order valence-electron chi connectivity index (χ4n) is 2.12. The van der Waals surface area contributed by atoms with Crippen LogP contribution in [0.3, 0.4) is 0 Å². The average Bonchev–Trinajstić information content (AvgIpc) is 2.55. The molecule has 0 spiro atoms. The molecular formula is C17H20FNO3S2. The summed E-state index contributed by atoms with van der Waals surface area (Å²) < 4.78 is 45.8. The van der Waals surface area contributed by atoms with Gasteiger partial charge >= 0.3 is 0 Å². The van der Waals surface area contributed by atoms with Gasteiger partial charge < -0.3 is 4.74 Å². The van der Waals surface area contributed by atoms with Crippen LogP contribution >= 0.6 is 11.8 Å². The quantitative estimate of drug-likeness (QED) is 0.571. The van der Waals surface area contributed by atoms with E-state index in [0.717, 1.165) is 22.3 Å². The maximum atomic E-state index is 13.7. The van der Waals surface area contributed by atoms with E-state index in [1.54, 1.807) is 25.8 Å². The summed E-state index contributed by atoms with van der Waals surface area (Å²) >= 11 is 1.66. The molecule has 2 aromatic rings. The van der Waals surface area contributed by atoms with Gasteiger partial charge in [0.15, 0.2) is 0 Å². The highest BCUT2D eigenvalue weighted by Gasteiger charge is 2.21. The Labute approximate surface area is 146 Å². The van der Waals surface area contributed by atoms with Crippen molar-refractivity contribution in [1.82, 2.24) is 4.72 Å². The minimum Gasteiger partial charge on any atom is -0.384 e. The number of methoxy groups -OCH3 is 1. The first kappa shape index (κ1) is 18.9. The Hall–Kier alpha value is -1.41. The van der Waals surface area contributed by atoms with Crippen LogP contribution in [0.25, 0.3) is 0 Å². The summed E-state index contributed by atoms with van der Waals surface area (Å²) in [5.41, 5.74) is 0.811. The summed E-state index contributed by atoms with van der Waals surface area (Å²) in [7, 11) is -2.25. The monoisotopic (exact) mass is 369 g/mol. The van der Waals surface area contributed by atoms with Crippen molar-refractivity contribution in [3.8, 4) is 0 Å². The Morgan fingerprint density at radius 1 is 1.17 bits per heavy atom. The van der Waals surface area contributed by atoms with Crippen LogP contribution in [0.4, 0.5) is 4.39 Å². The molecule has 1 N–H and O–H groups in total. The summed E-state index contributed by atoms with van der Waals surface area (Å²) in [5, 5.41) is 0. The number of rotatable bonds is 8. The molecule has 0 saturated carbocycles. The average molecular weight is 369 g/mol. The molecule has 0 aliphatic carbocycles. The maximum absolute atomic E-state index is 13.7. The van der Waals surface area contributed by atoms with Gasteiger partial charge in [-0.25, -0.2) is 17.5 Å². The topological polar surface area (TPSA) is 55.4 Å². The van der Waals surface area contributed by atoms with Gasteiger partial charge in [-0.15, -0.1) is 11.8 Å². The second-order valence-corrected chi connectivity index (χ2v) is 8.03. The van der Waals surface area contributed by atoms with Crippen LogP contribution in [-0.2, 0) is 14.8 Å². The van der Waals surface area contributed by atoms with Crippen LogP contribution in [0.2, 0.25) is 0 Å². The lowest BCUT2D eigenvalue weighted by Gasteiger charge is -2.15. The van der Waals surface area contributed by atoms with Crippen molar-refractivity contribution >= 4 is 21.8 Å². The summed E-state index contributed by atoms with van der Waals surface area (Å²) in [6.07, 6.45) is 0. The van der Waals surface area contributed by atoms with Crippen molar-refractivity contribution in [1.29, 1.82) is 0 Å². The molecule has 4 nitrogen and oxygen atoms in total. The molecule has 0 saturated heterocycles. The second kappa shape index (κ2) is 8.62. The molecule has 24 heavy (non-hydrogen) atoms. The molecule has 2 aromatic carbocycles. The third-order valence-corrected chi connectivity index (χ3v) is 5.94. The minimum absolute atomic E-state index is 0.344. The molecule has 0 heterocycles. The molecule has 0 aliphatic rings. The van der Waals surface area contributed by atoms with E-state index < -0.39 is 21.9 Å². The van der Waals surface area contributed by atoms with Crippen molar-refractivity contribution in [2.24, 2.45) is 0 Å². The number of benzene rings is 2. The lowest BCUT2D eigenvalue weighted by Crippen LogP contribution is -2.27.